The molecular weight excluding hydrogens is 338 g/mol. The molecule has 0 atom stereocenters. The van der Waals surface area contributed by atoms with Gasteiger partial charge in [-0.25, -0.2) is 0 Å². The molecule has 1 aromatic carbocycles. The highest BCUT2D eigenvalue weighted by molar-refractivity contribution is 5.94. The van der Waals surface area contributed by atoms with Crippen molar-refractivity contribution in [3.05, 3.63) is 35.4 Å². The molecule has 0 saturated carbocycles. The Morgan fingerprint density at radius 2 is 1.59 bits per heavy atom. The molecule has 1 aromatic rings. The van der Waals surface area contributed by atoms with Crippen molar-refractivity contribution in [1.82, 2.24) is 15.1 Å². The third-order valence-electron chi connectivity index (χ3n) is 6.55. The molecule has 3 aliphatic rings. The lowest BCUT2D eigenvalue weighted by molar-refractivity contribution is -0.120. The minimum Gasteiger partial charge on any atom is -0.351 e. The molecular formula is C22H31N3O2. The van der Waals surface area contributed by atoms with Crippen molar-refractivity contribution in [2.75, 3.05) is 26.2 Å². The van der Waals surface area contributed by atoms with Crippen LogP contribution < -0.4 is 5.32 Å². The highest BCUT2D eigenvalue weighted by Gasteiger charge is 2.41. The van der Waals surface area contributed by atoms with Crippen LogP contribution in [0.15, 0.2) is 24.3 Å². The average molecular weight is 370 g/mol. The van der Waals surface area contributed by atoms with Crippen LogP contribution in [-0.2, 0) is 11.3 Å². The highest BCUT2D eigenvalue weighted by Crippen LogP contribution is 2.31. The molecule has 27 heavy (non-hydrogen) atoms. The first-order valence-corrected chi connectivity index (χ1v) is 10.6. The molecule has 2 amide bonds. The van der Waals surface area contributed by atoms with Gasteiger partial charge in [0.2, 0.25) is 5.91 Å². The van der Waals surface area contributed by atoms with Crippen LogP contribution in [-0.4, -0.2) is 53.3 Å². The zero-order valence-electron chi connectivity index (χ0n) is 16.2. The van der Waals surface area contributed by atoms with Gasteiger partial charge in [0.15, 0.2) is 0 Å². The zero-order chi connectivity index (χ0) is 18.7. The molecule has 0 bridgehead atoms. The monoisotopic (exact) mass is 369 g/mol. The third kappa shape index (κ3) is 4.34. The van der Waals surface area contributed by atoms with E-state index in [0.717, 1.165) is 44.5 Å². The molecule has 0 aliphatic carbocycles. The molecule has 0 aromatic heterocycles. The number of hydrogen-bond acceptors (Lipinski definition) is 3. The molecule has 146 valence electrons. The lowest BCUT2D eigenvalue weighted by atomic mass is 9.86. The summed E-state index contributed by atoms with van der Waals surface area (Å²) in [5.74, 6) is 0.283. The van der Waals surface area contributed by atoms with Gasteiger partial charge in [-0.2, -0.15) is 0 Å². The van der Waals surface area contributed by atoms with E-state index in [2.05, 4.69) is 22.3 Å². The summed E-state index contributed by atoms with van der Waals surface area (Å²) >= 11 is 0. The minimum atomic E-state index is -0.0507. The van der Waals surface area contributed by atoms with Crippen LogP contribution >= 0.6 is 0 Å². The molecule has 3 saturated heterocycles. The van der Waals surface area contributed by atoms with Crippen LogP contribution in [0.2, 0.25) is 0 Å². The molecule has 3 heterocycles. The van der Waals surface area contributed by atoms with E-state index in [1.54, 1.807) is 0 Å². The van der Waals surface area contributed by atoms with Crippen LogP contribution in [0.5, 0.6) is 0 Å². The molecule has 0 unspecified atom stereocenters. The van der Waals surface area contributed by atoms with Gasteiger partial charge in [0.25, 0.3) is 5.91 Å². The fourth-order valence-corrected chi connectivity index (χ4v) is 4.77. The van der Waals surface area contributed by atoms with E-state index >= 15 is 0 Å². The van der Waals surface area contributed by atoms with Crippen LogP contribution in [0.4, 0.5) is 0 Å². The quantitative estimate of drug-likeness (QED) is 0.891. The van der Waals surface area contributed by atoms with E-state index < -0.39 is 0 Å². The number of carbonyl (C=O) groups is 2. The summed E-state index contributed by atoms with van der Waals surface area (Å²) < 4.78 is 0. The third-order valence-corrected chi connectivity index (χ3v) is 6.55. The van der Waals surface area contributed by atoms with E-state index in [-0.39, 0.29) is 17.4 Å². The Hall–Kier alpha value is -1.88. The average Bonchev–Trinajstić information content (AvgIpc) is 2.88. The lowest BCUT2D eigenvalue weighted by Gasteiger charge is -2.39. The highest BCUT2D eigenvalue weighted by atomic mass is 16.2. The van der Waals surface area contributed by atoms with Crippen LogP contribution in [0.25, 0.3) is 0 Å². The van der Waals surface area contributed by atoms with Gasteiger partial charge in [0.1, 0.15) is 0 Å². The summed E-state index contributed by atoms with van der Waals surface area (Å²) in [6, 6.07) is 8.19. The molecule has 1 N–H and O–H groups in total. The Morgan fingerprint density at radius 3 is 2.19 bits per heavy atom. The van der Waals surface area contributed by atoms with Gasteiger partial charge in [-0.1, -0.05) is 25.0 Å². The fourth-order valence-electron chi connectivity index (χ4n) is 4.77. The first-order valence-electron chi connectivity index (χ1n) is 10.6. The van der Waals surface area contributed by atoms with Crippen molar-refractivity contribution >= 4 is 11.8 Å². The predicted molar refractivity (Wildman–Crippen MR) is 105 cm³/mol. The summed E-state index contributed by atoms with van der Waals surface area (Å²) in [4.78, 5) is 28.9. The largest absolute Gasteiger partial charge is 0.351 e. The van der Waals surface area contributed by atoms with Gasteiger partial charge in [0.05, 0.1) is 0 Å². The Kier molecular flexibility index (Phi) is 5.48. The summed E-state index contributed by atoms with van der Waals surface area (Å²) in [5, 5.41) is 3.14. The first-order chi connectivity index (χ1) is 13.1. The maximum absolute atomic E-state index is 12.8. The second-order valence-corrected chi connectivity index (χ2v) is 8.51. The Labute approximate surface area is 162 Å². The minimum absolute atomic E-state index is 0.0507. The summed E-state index contributed by atoms with van der Waals surface area (Å²) in [7, 11) is 0. The maximum Gasteiger partial charge on any atom is 0.253 e. The van der Waals surface area contributed by atoms with Crippen LogP contribution in [0.1, 0.15) is 67.3 Å². The van der Waals surface area contributed by atoms with Gasteiger partial charge in [0, 0.05) is 37.2 Å². The van der Waals surface area contributed by atoms with E-state index in [9.17, 15) is 9.59 Å². The van der Waals surface area contributed by atoms with Crippen molar-refractivity contribution < 1.29 is 9.59 Å². The van der Waals surface area contributed by atoms with Crippen molar-refractivity contribution in [2.24, 2.45) is 0 Å². The van der Waals surface area contributed by atoms with Crippen molar-refractivity contribution in [3.8, 4) is 0 Å². The van der Waals surface area contributed by atoms with Gasteiger partial charge in [-0.3, -0.25) is 14.5 Å². The SMILES string of the molecule is O=C1CCC2(CCN(C(=O)c3ccc(CN4CCCCCC4)cc3)CC2)N1. The number of amides is 2. The smallest absolute Gasteiger partial charge is 0.253 e. The normalized spacial score (nSPS) is 23.3. The number of likely N-dealkylation sites (tertiary alicyclic amines) is 2. The second kappa shape index (κ2) is 8.01. The fraction of sp³-hybridized carbons (Fsp3) is 0.636. The number of nitrogens with one attached hydrogen (secondary N) is 1. The van der Waals surface area contributed by atoms with Gasteiger partial charge in [-0.15, -0.1) is 0 Å². The first kappa shape index (κ1) is 18.5. The standard InChI is InChI=1S/C22H31N3O2/c26-20-9-10-22(23-20)11-15-25(16-12-22)21(27)19-7-5-18(6-8-19)17-24-13-3-1-2-4-14-24/h5-8H,1-4,9-17H2,(H,23,26). The maximum atomic E-state index is 12.8. The summed E-state index contributed by atoms with van der Waals surface area (Å²) in [6.45, 7) is 4.82. The summed E-state index contributed by atoms with van der Waals surface area (Å²) in [5.41, 5.74) is 2.02. The van der Waals surface area contributed by atoms with E-state index in [4.69, 9.17) is 0 Å². The molecule has 5 heteroatoms. The number of benzene rings is 1. The van der Waals surface area contributed by atoms with Crippen LogP contribution in [0.3, 0.4) is 0 Å². The number of carbonyl (C=O) groups excluding carboxylic acids is 2. The van der Waals surface area contributed by atoms with E-state index in [1.165, 1.54) is 44.3 Å². The van der Waals surface area contributed by atoms with Gasteiger partial charge >= 0.3 is 0 Å². The number of hydrogen-bond donors (Lipinski definition) is 1. The lowest BCUT2D eigenvalue weighted by Crippen LogP contribution is -2.52. The van der Waals surface area contributed by atoms with Gasteiger partial charge in [-0.05, 0) is 62.9 Å². The molecule has 4 rings (SSSR count). The Bertz CT molecular complexity index is 669. The van der Waals surface area contributed by atoms with Crippen LogP contribution in [0, 0.1) is 0 Å². The zero-order valence-corrected chi connectivity index (χ0v) is 16.2. The van der Waals surface area contributed by atoms with E-state index in [1.807, 2.05) is 17.0 Å². The number of piperidine rings is 1. The summed E-state index contributed by atoms with van der Waals surface area (Å²) in [6.07, 6.45) is 8.59. The molecule has 5 nitrogen and oxygen atoms in total. The predicted octanol–water partition coefficient (Wildman–Crippen LogP) is 2.95. The van der Waals surface area contributed by atoms with Crippen molar-refractivity contribution in [3.63, 3.8) is 0 Å². The van der Waals surface area contributed by atoms with Crippen molar-refractivity contribution in [1.29, 1.82) is 0 Å². The molecule has 3 fully saturated rings. The second-order valence-electron chi connectivity index (χ2n) is 8.51. The molecule has 3 aliphatic heterocycles. The Morgan fingerprint density at radius 1 is 0.926 bits per heavy atom. The van der Waals surface area contributed by atoms with Crippen molar-refractivity contribution in [2.45, 2.75) is 63.5 Å². The number of nitrogens with zero attached hydrogens (tertiary/aromatic N) is 2. The van der Waals surface area contributed by atoms with E-state index in [0.29, 0.717) is 6.42 Å². The Balaban J connectivity index is 1.32. The van der Waals surface area contributed by atoms with Gasteiger partial charge < -0.3 is 10.2 Å². The topological polar surface area (TPSA) is 52.7 Å². The molecule has 0 radical (unpaired) electrons. The molecule has 1 spiro atoms. The number of rotatable bonds is 3.